The Balaban J connectivity index is 1.59. The molecule has 0 spiro atoms. The number of benzene rings is 2. The number of rotatable bonds is 5. The molecule has 0 aliphatic rings. The van der Waals surface area contributed by atoms with Gasteiger partial charge in [-0.05, 0) is 23.8 Å². The molecule has 23 heavy (non-hydrogen) atoms. The van der Waals surface area contributed by atoms with Crippen LogP contribution in [0.25, 0.3) is 0 Å². The number of nitrogens with zero attached hydrogens (tertiary/aromatic N) is 2. The van der Waals surface area contributed by atoms with Crippen molar-refractivity contribution in [2.45, 2.75) is 12.8 Å². The van der Waals surface area contributed by atoms with Gasteiger partial charge in [0.05, 0.1) is 6.42 Å². The highest BCUT2D eigenvalue weighted by Gasteiger charge is 2.10. The summed E-state index contributed by atoms with van der Waals surface area (Å²) in [5, 5.41) is 10.3. The molecule has 0 radical (unpaired) electrons. The van der Waals surface area contributed by atoms with E-state index in [4.69, 9.17) is 11.6 Å². The first-order valence-corrected chi connectivity index (χ1v) is 7.56. The summed E-state index contributed by atoms with van der Waals surface area (Å²) in [6.07, 6.45) is 0.765. The topological polar surface area (TPSA) is 70.7 Å². The molecule has 0 atom stereocenters. The third kappa shape index (κ3) is 4.40. The summed E-state index contributed by atoms with van der Waals surface area (Å²) in [4.78, 5) is 16.4. The normalized spacial score (nSPS) is 10.5. The Morgan fingerprint density at radius 3 is 2.74 bits per heavy atom. The fourth-order valence-corrected chi connectivity index (χ4v) is 2.39. The summed E-state index contributed by atoms with van der Waals surface area (Å²) < 4.78 is 0. The first-order valence-electron chi connectivity index (χ1n) is 7.18. The summed E-state index contributed by atoms with van der Waals surface area (Å²) in [6.45, 7) is 0. The van der Waals surface area contributed by atoms with E-state index in [1.54, 1.807) is 24.3 Å². The monoisotopic (exact) mass is 326 g/mol. The van der Waals surface area contributed by atoms with E-state index < -0.39 is 0 Å². The highest BCUT2D eigenvalue weighted by molar-refractivity contribution is 6.30. The van der Waals surface area contributed by atoms with Crippen molar-refractivity contribution in [3.8, 4) is 0 Å². The van der Waals surface area contributed by atoms with Gasteiger partial charge in [0.15, 0.2) is 5.82 Å². The van der Waals surface area contributed by atoms with Crippen LogP contribution >= 0.6 is 11.6 Å². The molecule has 116 valence electrons. The standard InChI is InChI=1S/C17H15ClN4O/c18-13-7-4-8-14(10-13)19-17(23)11-16-20-15(21-22-16)9-12-5-2-1-3-6-12/h1-8,10H,9,11H2,(H,19,23)(H,20,21,22). The number of anilines is 1. The van der Waals surface area contributed by atoms with Gasteiger partial charge in [-0.25, -0.2) is 4.98 Å². The first-order chi connectivity index (χ1) is 11.2. The summed E-state index contributed by atoms with van der Waals surface area (Å²) in [5.41, 5.74) is 1.79. The van der Waals surface area contributed by atoms with E-state index in [1.807, 2.05) is 30.3 Å². The maximum atomic E-state index is 12.0. The highest BCUT2D eigenvalue weighted by atomic mass is 35.5. The van der Waals surface area contributed by atoms with E-state index in [0.29, 0.717) is 23.0 Å². The summed E-state index contributed by atoms with van der Waals surface area (Å²) in [7, 11) is 0. The Hall–Kier alpha value is -2.66. The molecule has 1 heterocycles. The second-order valence-electron chi connectivity index (χ2n) is 5.10. The number of nitrogens with one attached hydrogen (secondary N) is 2. The van der Waals surface area contributed by atoms with Crippen LogP contribution in [0, 0.1) is 0 Å². The number of H-pyrrole nitrogens is 1. The van der Waals surface area contributed by atoms with Crippen molar-refractivity contribution < 1.29 is 4.79 Å². The van der Waals surface area contributed by atoms with Crippen LogP contribution in [0.4, 0.5) is 5.69 Å². The lowest BCUT2D eigenvalue weighted by Gasteiger charge is -2.03. The van der Waals surface area contributed by atoms with E-state index >= 15 is 0 Å². The molecular formula is C17H15ClN4O. The molecule has 3 rings (SSSR count). The minimum Gasteiger partial charge on any atom is -0.326 e. The van der Waals surface area contributed by atoms with Crippen LogP contribution in [0.1, 0.15) is 17.2 Å². The smallest absolute Gasteiger partial charge is 0.232 e. The zero-order valence-corrected chi connectivity index (χ0v) is 13.0. The Bertz CT molecular complexity index is 801. The van der Waals surface area contributed by atoms with Gasteiger partial charge < -0.3 is 5.32 Å². The van der Waals surface area contributed by atoms with Gasteiger partial charge >= 0.3 is 0 Å². The van der Waals surface area contributed by atoms with Crippen molar-refractivity contribution in [1.29, 1.82) is 0 Å². The number of hydrogen-bond acceptors (Lipinski definition) is 3. The number of halogens is 1. The van der Waals surface area contributed by atoms with Gasteiger partial charge in [0.1, 0.15) is 5.82 Å². The summed E-state index contributed by atoms with van der Waals surface area (Å²) in [5.74, 6) is 1.02. The summed E-state index contributed by atoms with van der Waals surface area (Å²) >= 11 is 5.89. The zero-order chi connectivity index (χ0) is 16.1. The SMILES string of the molecule is O=C(Cc1n[nH]c(Cc2ccccc2)n1)Nc1cccc(Cl)c1. The number of carbonyl (C=O) groups is 1. The molecule has 2 N–H and O–H groups in total. The predicted molar refractivity (Wildman–Crippen MR) is 89.4 cm³/mol. The quantitative estimate of drug-likeness (QED) is 0.756. The van der Waals surface area contributed by atoms with Crippen LogP contribution in [0.2, 0.25) is 5.02 Å². The molecule has 0 aliphatic heterocycles. The number of aromatic amines is 1. The van der Waals surface area contributed by atoms with E-state index in [1.165, 1.54) is 0 Å². The van der Waals surface area contributed by atoms with Crippen LogP contribution in [0.3, 0.4) is 0 Å². The fourth-order valence-electron chi connectivity index (χ4n) is 2.20. The zero-order valence-electron chi connectivity index (χ0n) is 12.3. The highest BCUT2D eigenvalue weighted by Crippen LogP contribution is 2.15. The third-order valence-corrected chi connectivity index (χ3v) is 3.45. The van der Waals surface area contributed by atoms with Crippen LogP contribution in [0.5, 0.6) is 0 Å². The molecule has 0 fully saturated rings. The molecule has 0 bridgehead atoms. The maximum absolute atomic E-state index is 12.0. The van der Waals surface area contributed by atoms with Gasteiger partial charge in [-0.2, -0.15) is 5.10 Å². The molecule has 6 heteroatoms. The van der Waals surface area contributed by atoms with Gasteiger partial charge in [-0.3, -0.25) is 9.89 Å². The lowest BCUT2D eigenvalue weighted by Crippen LogP contribution is -2.15. The molecule has 0 aliphatic carbocycles. The largest absolute Gasteiger partial charge is 0.326 e. The molecule has 0 unspecified atom stereocenters. The average molecular weight is 327 g/mol. The van der Waals surface area contributed by atoms with Gasteiger partial charge in [-0.1, -0.05) is 48.0 Å². The van der Waals surface area contributed by atoms with Crippen molar-refractivity contribution in [3.05, 3.63) is 76.8 Å². The second kappa shape index (κ2) is 7.07. The number of aromatic nitrogens is 3. The molecule has 0 saturated carbocycles. The van der Waals surface area contributed by atoms with Gasteiger partial charge in [-0.15, -0.1) is 0 Å². The predicted octanol–water partition coefficient (Wildman–Crippen LogP) is 3.23. The summed E-state index contributed by atoms with van der Waals surface area (Å²) in [6, 6.07) is 17.0. The number of amides is 1. The molecule has 3 aromatic rings. The van der Waals surface area contributed by atoms with Gasteiger partial charge in [0.25, 0.3) is 0 Å². The van der Waals surface area contributed by atoms with Crippen molar-refractivity contribution >= 4 is 23.2 Å². The lowest BCUT2D eigenvalue weighted by atomic mass is 10.1. The minimum absolute atomic E-state index is 0.109. The number of hydrogen-bond donors (Lipinski definition) is 2. The Labute approximate surface area is 138 Å². The Morgan fingerprint density at radius 2 is 1.96 bits per heavy atom. The van der Waals surface area contributed by atoms with Crippen LogP contribution in [-0.4, -0.2) is 21.1 Å². The van der Waals surface area contributed by atoms with E-state index in [2.05, 4.69) is 20.5 Å². The molecule has 2 aromatic carbocycles. The van der Waals surface area contributed by atoms with E-state index in [9.17, 15) is 4.79 Å². The van der Waals surface area contributed by atoms with E-state index in [-0.39, 0.29) is 12.3 Å². The van der Waals surface area contributed by atoms with Crippen LogP contribution in [0.15, 0.2) is 54.6 Å². The second-order valence-corrected chi connectivity index (χ2v) is 5.53. The minimum atomic E-state index is -0.183. The van der Waals surface area contributed by atoms with Gasteiger partial charge in [0.2, 0.25) is 5.91 Å². The van der Waals surface area contributed by atoms with Crippen molar-refractivity contribution in [3.63, 3.8) is 0 Å². The molecular weight excluding hydrogens is 312 g/mol. The van der Waals surface area contributed by atoms with Crippen LogP contribution < -0.4 is 5.32 Å². The Kier molecular flexibility index (Phi) is 4.68. The third-order valence-electron chi connectivity index (χ3n) is 3.22. The van der Waals surface area contributed by atoms with Crippen molar-refractivity contribution in [1.82, 2.24) is 15.2 Å². The molecule has 1 aromatic heterocycles. The molecule has 1 amide bonds. The van der Waals surface area contributed by atoms with Gasteiger partial charge in [0, 0.05) is 17.1 Å². The van der Waals surface area contributed by atoms with Crippen molar-refractivity contribution in [2.24, 2.45) is 0 Å². The molecule has 0 saturated heterocycles. The van der Waals surface area contributed by atoms with Crippen LogP contribution in [-0.2, 0) is 17.6 Å². The first kappa shape index (κ1) is 15.2. The number of carbonyl (C=O) groups excluding carboxylic acids is 1. The fraction of sp³-hybridized carbons (Fsp3) is 0.118. The lowest BCUT2D eigenvalue weighted by molar-refractivity contribution is -0.115. The van der Waals surface area contributed by atoms with E-state index in [0.717, 1.165) is 11.4 Å². The molecule has 5 nitrogen and oxygen atoms in total. The maximum Gasteiger partial charge on any atom is 0.232 e. The average Bonchev–Trinajstić information content (AvgIpc) is 2.95. The Morgan fingerprint density at radius 1 is 1.13 bits per heavy atom. The van der Waals surface area contributed by atoms with Crippen molar-refractivity contribution in [2.75, 3.05) is 5.32 Å².